The summed E-state index contributed by atoms with van der Waals surface area (Å²) in [6.07, 6.45) is 9.05. The van der Waals surface area contributed by atoms with E-state index in [-0.39, 0.29) is 0 Å². The van der Waals surface area contributed by atoms with E-state index >= 15 is 0 Å². The topological polar surface area (TPSA) is 6.48 Å². The Balaban J connectivity index is 1.10. The zero-order chi connectivity index (χ0) is 39.7. The van der Waals surface area contributed by atoms with Crippen LogP contribution < -0.4 is 9.80 Å². The Bertz CT molecular complexity index is 3390. The minimum Gasteiger partial charge on any atom is -0.310 e. The van der Waals surface area contributed by atoms with E-state index < -0.39 is 0 Å². The molecule has 60 heavy (non-hydrogen) atoms. The molecular formula is C56H40N2S2. The van der Waals surface area contributed by atoms with Crippen molar-refractivity contribution in [1.82, 2.24) is 0 Å². The summed E-state index contributed by atoms with van der Waals surface area (Å²) in [5, 5.41) is 10.0. The Hall–Kier alpha value is -6.59. The van der Waals surface area contributed by atoms with E-state index in [2.05, 4.69) is 211 Å². The van der Waals surface area contributed by atoms with Crippen molar-refractivity contribution in [3.8, 4) is 0 Å². The molecule has 0 saturated carbocycles. The van der Waals surface area contributed by atoms with Crippen LogP contribution in [0.5, 0.6) is 0 Å². The molecule has 2 aliphatic rings. The average molecular weight is 805 g/mol. The number of para-hydroxylation sites is 1. The largest absolute Gasteiger partial charge is 0.310 e. The first-order valence-corrected chi connectivity index (χ1v) is 22.5. The molecule has 0 fully saturated rings. The van der Waals surface area contributed by atoms with Crippen LogP contribution >= 0.6 is 23.1 Å². The number of benzene rings is 9. The normalized spacial score (nSPS) is 14.8. The summed E-state index contributed by atoms with van der Waals surface area (Å²) >= 11 is 3.76. The van der Waals surface area contributed by atoms with E-state index in [1.165, 1.54) is 96.2 Å². The molecule has 1 unspecified atom stereocenters. The van der Waals surface area contributed by atoms with Crippen LogP contribution in [0.1, 0.15) is 24.5 Å². The highest BCUT2D eigenvalue weighted by atomic mass is 32.2. The van der Waals surface area contributed by atoms with Gasteiger partial charge in [-0.15, -0.1) is 11.3 Å². The SMILES string of the molecule is CC1C=CC(N(c2ccc3sc4ccccc4c3c2)c2cc3c4ccccc4c(N(c4ccccc4)c4ccc5c(c4)Cc4ccccc4S5)cc3c3ccccc23)=CC1. The van der Waals surface area contributed by atoms with Crippen LogP contribution in [-0.4, -0.2) is 0 Å². The second kappa shape index (κ2) is 14.3. The molecule has 4 heteroatoms. The summed E-state index contributed by atoms with van der Waals surface area (Å²) < 4.78 is 2.64. The second-order valence-corrected chi connectivity index (χ2v) is 18.3. The molecule has 1 atom stereocenters. The number of allylic oxidation sites excluding steroid dienone is 3. The van der Waals surface area contributed by atoms with Gasteiger partial charge in [0.2, 0.25) is 0 Å². The van der Waals surface area contributed by atoms with Crippen LogP contribution in [0, 0.1) is 5.92 Å². The first-order chi connectivity index (χ1) is 29.6. The van der Waals surface area contributed by atoms with Gasteiger partial charge in [-0.2, -0.15) is 0 Å². The van der Waals surface area contributed by atoms with Gasteiger partial charge in [-0.05, 0) is 130 Å². The van der Waals surface area contributed by atoms with E-state index in [0.717, 1.165) is 24.2 Å². The van der Waals surface area contributed by atoms with E-state index in [9.17, 15) is 0 Å². The van der Waals surface area contributed by atoms with Crippen LogP contribution in [-0.2, 0) is 6.42 Å². The fourth-order valence-electron chi connectivity index (χ4n) is 9.47. The lowest BCUT2D eigenvalue weighted by Crippen LogP contribution is -2.17. The Morgan fingerprint density at radius 2 is 1.05 bits per heavy atom. The van der Waals surface area contributed by atoms with Gasteiger partial charge in [0, 0.05) is 63.5 Å². The van der Waals surface area contributed by atoms with Crippen LogP contribution in [0.15, 0.2) is 210 Å². The van der Waals surface area contributed by atoms with Crippen molar-refractivity contribution in [2.75, 3.05) is 9.80 Å². The highest BCUT2D eigenvalue weighted by molar-refractivity contribution is 7.99. The Morgan fingerprint density at radius 3 is 1.80 bits per heavy atom. The number of thiophene rings is 1. The molecule has 10 aromatic rings. The predicted molar refractivity (Wildman–Crippen MR) is 259 cm³/mol. The first kappa shape index (κ1) is 35.4. The van der Waals surface area contributed by atoms with Gasteiger partial charge < -0.3 is 9.80 Å². The molecule has 286 valence electrons. The van der Waals surface area contributed by atoms with Crippen molar-refractivity contribution >= 4 is 104 Å². The molecule has 0 bridgehead atoms. The zero-order valence-electron chi connectivity index (χ0n) is 33.2. The fraction of sp³-hybridized carbons (Fsp3) is 0.0714. The number of nitrogens with zero attached hydrogens (tertiary/aromatic N) is 2. The number of anilines is 5. The third-order valence-corrected chi connectivity index (χ3v) is 14.8. The molecule has 12 rings (SSSR count). The van der Waals surface area contributed by atoms with E-state index in [4.69, 9.17) is 0 Å². The third-order valence-electron chi connectivity index (χ3n) is 12.4. The predicted octanol–water partition coefficient (Wildman–Crippen LogP) is 16.7. The highest BCUT2D eigenvalue weighted by Crippen LogP contribution is 2.49. The van der Waals surface area contributed by atoms with Crippen LogP contribution in [0.4, 0.5) is 28.4 Å². The maximum atomic E-state index is 2.51. The molecule has 0 spiro atoms. The molecular weight excluding hydrogens is 765 g/mol. The summed E-state index contributed by atoms with van der Waals surface area (Å²) in [6.45, 7) is 2.30. The van der Waals surface area contributed by atoms with Gasteiger partial charge in [0.1, 0.15) is 0 Å². The third kappa shape index (κ3) is 5.85. The molecule has 2 heterocycles. The number of hydrogen-bond acceptors (Lipinski definition) is 4. The lowest BCUT2D eigenvalue weighted by atomic mass is 9.92. The average Bonchev–Trinajstić information content (AvgIpc) is 3.68. The second-order valence-electron chi connectivity index (χ2n) is 16.1. The van der Waals surface area contributed by atoms with Crippen molar-refractivity contribution in [3.63, 3.8) is 0 Å². The molecule has 0 saturated heterocycles. The van der Waals surface area contributed by atoms with Crippen molar-refractivity contribution in [3.05, 3.63) is 211 Å². The van der Waals surface area contributed by atoms with Gasteiger partial charge in [0.25, 0.3) is 0 Å². The minimum atomic E-state index is 0.506. The molecule has 1 aliphatic heterocycles. The van der Waals surface area contributed by atoms with Gasteiger partial charge in [0.15, 0.2) is 0 Å². The standard InChI is InChI=1S/C56H40N2S2/c1-36-23-25-40(26-24-36)58(42-28-30-56-50(33-42)47-20-10-12-22-55(47)60-56)52-35-49-43-16-6-8-18-45(43)51(34-48(49)44-17-7-9-19-46(44)52)57(39-14-3-2-4-15-39)41-27-29-54-38(32-41)31-37-13-5-11-21-53(37)59-54/h2-23,25-30,32-36H,24,31H2,1H3. The first-order valence-electron chi connectivity index (χ1n) is 20.9. The molecule has 9 aromatic carbocycles. The number of rotatable bonds is 6. The van der Waals surface area contributed by atoms with Gasteiger partial charge in [-0.1, -0.05) is 134 Å². The van der Waals surface area contributed by atoms with Crippen LogP contribution in [0.3, 0.4) is 0 Å². The van der Waals surface area contributed by atoms with Crippen LogP contribution in [0.2, 0.25) is 0 Å². The maximum Gasteiger partial charge on any atom is 0.0546 e. The summed E-state index contributed by atoms with van der Waals surface area (Å²) in [5.41, 5.74) is 9.80. The van der Waals surface area contributed by atoms with E-state index in [0.29, 0.717) is 5.92 Å². The Labute approximate surface area is 358 Å². The summed E-state index contributed by atoms with van der Waals surface area (Å²) in [4.78, 5) is 7.68. The van der Waals surface area contributed by atoms with Gasteiger partial charge in [0.05, 0.1) is 11.4 Å². The van der Waals surface area contributed by atoms with Crippen molar-refractivity contribution in [2.24, 2.45) is 5.92 Å². The fourth-order valence-corrected chi connectivity index (χ4v) is 11.6. The van der Waals surface area contributed by atoms with Crippen molar-refractivity contribution < 1.29 is 0 Å². The van der Waals surface area contributed by atoms with Gasteiger partial charge >= 0.3 is 0 Å². The maximum absolute atomic E-state index is 2.51. The van der Waals surface area contributed by atoms with Gasteiger partial charge in [-0.25, -0.2) is 0 Å². The van der Waals surface area contributed by atoms with E-state index in [1.807, 2.05) is 23.1 Å². The van der Waals surface area contributed by atoms with Gasteiger partial charge in [-0.3, -0.25) is 0 Å². The van der Waals surface area contributed by atoms with Crippen LogP contribution in [0.25, 0.3) is 52.5 Å². The van der Waals surface area contributed by atoms with E-state index in [1.54, 1.807) is 0 Å². The quantitative estimate of drug-likeness (QED) is 0.155. The number of fused-ring (bicyclic) bond motifs is 10. The molecule has 0 radical (unpaired) electrons. The molecule has 0 amide bonds. The Morgan fingerprint density at radius 1 is 0.450 bits per heavy atom. The number of hydrogen-bond donors (Lipinski definition) is 0. The molecule has 0 N–H and O–H groups in total. The van der Waals surface area contributed by atoms with Crippen molar-refractivity contribution in [2.45, 2.75) is 29.6 Å². The monoisotopic (exact) mass is 804 g/mol. The molecule has 2 nitrogen and oxygen atoms in total. The van der Waals surface area contributed by atoms with Crippen molar-refractivity contribution in [1.29, 1.82) is 0 Å². The molecule has 1 aliphatic carbocycles. The smallest absolute Gasteiger partial charge is 0.0546 e. The lowest BCUT2D eigenvalue weighted by molar-refractivity contribution is 0.728. The minimum absolute atomic E-state index is 0.506. The molecule has 1 aromatic heterocycles. The lowest BCUT2D eigenvalue weighted by Gasteiger charge is -2.31. The Kier molecular flexibility index (Phi) is 8.43. The highest BCUT2D eigenvalue weighted by Gasteiger charge is 2.25. The zero-order valence-corrected chi connectivity index (χ0v) is 34.8. The summed E-state index contributed by atoms with van der Waals surface area (Å²) in [7, 11) is 0. The summed E-state index contributed by atoms with van der Waals surface area (Å²) in [5.74, 6) is 0.506. The summed E-state index contributed by atoms with van der Waals surface area (Å²) in [6, 6.07) is 65.6.